The van der Waals surface area contributed by atoms with Gasteiger partial charge in [0.15, 0.2) is 11.2 Å². The minimum atomic E-state index is -1.08. The Labute approximate surface area is 401 Å². The van der Waals surface area contributed by atoms with E-state index in [-0.39, 0.29) is 11.9 Å². The van der Waals surface area contributed by atoms with E-state index < -0.39 is 11.2 Å². The maximum atomic E-state index is 13.6. The van der Waals surface area contributed by atoms with Crippen LogP contribution < -0.4 is 9.80 Å². The number of cyclic esters (lactones) is 2. The summed E-state index contributed by atoms with van der Waals surface area (Å²) in [6, 6.07) is 57.2. The molecular formula is C60H53N5O4. The third-order valence-corrected chi connectivity index (χ3v) is 14.6. The summed E-state index contributed by atoms with van der Waals surface area (Å²) >= 11 is 0. The Morgan fingerprint density at radius 2 is 0.971 bits per heavy atom. The first-order chi connectivity index (χ1) is 33.4. The molecule has 2 aliphatic rings. The standard InChI is InChI=1S/C30H29N3O2.C30H24N2O2/c1-18-27(22-11-7-9-13-25(22)32(18)5)30(28-19(2)33(6)26-14-10-8-12-23(26)28)24-17-20(31(3)4)15-16-21(24)29(34)35-30;1-32(2)22-18-16-21(17-19-22)30(25-14-8-6-12-23(25)29(33)34-30)27-24-13-7-9-15-26(24)31-28(27)20-10-4-3-5-11-20/h7-17H,1-6H3;3-19,31H,1-2H3. The topological polar surface area (TPSA) is 84.7 Å². The Balaban J connectivity index is 0.000000151. The lowest BCUT2D eigenvalue weighted by Crippen LogP contribution is -2.31. The minimum absolute atomic E-state index is 0.287. The summed E-state index contributed by atoms with van der Waals surface area (Å²) in [5, 5.41) is 3.22. The molecule has 3 aromatic heterocycles. The largest absolute Gasteiger partial charge is 0.440 e. The summed E-state index contributed by atoms with van der Waals surface area (Å²) in [6.07, 6.45) is 0. The molecule has 9 heteroatoms. The van der Waals surface area contributed by atoms with Crippen LogP contribution in [-0.4, -0.2) is 54.2 Å². The molecule has 12 rings (SSSR count). The van der Waals surface area contributed by atoms with Crippen molar-refractivity contribution < 1.29 is 19.1 Å². The van der Waals surface area contributed by atoms with Crippen LogP contribution in [0, 0.1) is 13.8 Å². The molecule has 0 amide bonds. The average Bonchev–Trinajstić information content (AvgIpc) is 4.13. The van der Waals surface area contributed by atoms with E-state index in [0.29, 0.717) is 11.1 Å². The number of aryl methyl sites for hydroxylation is 2. The van der Waals surface area contributed by atoms with Crippen LogP contribution in [0.5, 0.6) is 0 Å². The highest BCUT2D eigenvalue weighted by Crippen LogP contribution is 2.55. The van der Waals surface area contributed by atoms with Crippen LogP contribution in [0.3, 0.4) is 0 Å². The van der Waals surface area contributed by atoms with Gasteiger partial charge in [-0.2, -0.15) is 0 Å². The molecule has 0 radical (unpaired) electrons. The highest BCUT2D eigenvalue weighted by Gasteiger charge is 2.54. The predicted octanol–water partition coefficient (Wildman–Crippen LogP) is 12.2. The van der Waals surface area contributed by atoms with Crippen LogP contribution in [-0.2, 0) is 34.8 Å². The van der Waals surface area contributed by atoms with Crippen molar-refractivity contribution in [1.82, 2.24) is 14.1 Å². The molecule has 0 saturated heterocycles. The van der Waals surface area contributed by atoms with Gasteiger partial charge in [0.1, 0.15) is 0 Å². The number of aromatic amines is 1. The molecule has 1 unspecified atom stereocenters. The third-order valence-electron chi connectivity index (χ3n) is 14.6. The summed E-state index contributed by atoms with van der Waals surface area (Å²) in [5.74, 6) is -0.596. The Hall–Kier alpha value is -8.30. The number of rotatable bonds is 7. The Morgan fingerprint density at radius 1 is 0.478 bits per heavy atom. The van der Waals surface area contributed by atoms with Crippen molar-refractivity contribution in [3.05, 3.63) is 226 Å². The Kier molecular flexibility index (Phi) is 10.2. The monoisotopic (exact) mass is 907 g/mol. The second kappa shape index (κ2) is 16.2. The first kappa shape index (κ1) is 43.3. The van der Waals surface area contributed by atoms with Crippen molar-refractivity contribution in [3.8, 4) is 11.3 Å². The van der Waals surface area contributed by atoms with Crippen LogP contribution in [0.15, 0.2) is 170 Å². The molecule has 1 N–H and O–H groups in total. The quantitative estimate of drug-likeness (QED) is 0.160. The zero-order chi connectivity index (χ0) is 47.9. The zero-order valence-corrected chi connectivity index (χ0v) is 40.1. The van der Waals surface area contributed by atoms with Gasteiger partial charge >= 0.3 is 11.9 Å². The van der Waals surface area contributed by atoms with Gasteiger partial charge in [0, 0.05) is 131 Å². The average molecular weight is 908 g/mol. The van der Waals surface area contributed by atoms with Crippen molar-refractivity contribution in [1.29, 1.82) is 0 Å². The number of ether oxygens (including phenoxy) is 2. The number of para-hydroxylation sites is 3. The molecule has 0 fully saturated rings. The predicted molar refractivity (Wildman–Crippen MR) is 278 cm³/mol. The van der Waals surface area contributed by atoms with E-state index in [0.717, 1.165) is 100 Å². The molecule has 7 aromatic carbocycles. The van der Waals surface area contributed by atoms with Crippen molar-refractivity contribution in [2.45, 2.75) is 25.0 Å². The minimum Gasteiger partial charge on any atom is -0.440 e. The lowest BCUT2D eigenvalue weighted by Gasteiger charge is -2.32. The van der Waals surface area contributed by atoms with E-state index >= 15 is 0 Å². The molecule has 9 nitrogen and oxygen atoms in total. The number of H-pyrrole nitrogens is 1. The summed E-state index contributed by atoms with van der Waals surface area (Å²) in [6.45, 7) is 4.25. The van der Waals surface area contributed by atoms with E-state index in [1.54, 1.807) is 0 Å². The number of benzene rings is 7. The van der Waals surface area contributed by atoms with E-state index in [1.165, 1.54) is 0 Å². The van der Waals surface area contributed by atoms with Gasteiger partial charge in [0.25, 0.3) is 0 Å². The number of nitrogens with one attached hydrogen (secondary N) is 1. The van der Waals surface area contributed by atoms with E-state index in [2.05, 4.69) is 155 Å². The number of aromatic nitrogens is 3. The maximum Gasteiger partial charge on any atom is 0.340 e. The molecule has 0 saturated carbocycles. The lowest BCUT2D eigenvalue weighted by molar-refractivity contribution is 0.0247. The summed E-state index contributed by atoms with van der Waals surface area (Å²) in [7, 11) is 12.2. The van der Waals surface area contributed by atoms with Crippen molar-refractivity contribution >= 4 is 56.0 Å². The summed E-state index contributed by atoms with van der Waals surface area (Å²) in [4.78, 5) is 34.6. The van der Waals surface area contributed by atoms with Gasteiger partial charge in [-0.25, -0.2) is 9.59 Å². The van der Waals surface area contributed by atoms with Crippen LogP contribution in [0.1, 0.15) is 65.5 Å². The van der Waals surface area contributed by atoms with Crippen molar-refractivity contribution in [2.75, 3.05) is 38.0 Å². The molecule has 1 atom stereocenters. The number of nitrogens with zero attached hydrogens (tertiary/aromatic N) is 4. The molecule has 69 heavy (non-hydrogen) atoms. The fourth-order valence-corrected chi connectivity index (χ4v) is 11.0. The van der Waals surface area contributed by atoms with Crippen LogP contribution >= 0.6 is 0 Å². The highest BCUT2D eigenvalue weighted by atomic mass is 16.6. The number of fused-ring (bicyclic) bond motifs is 5. The van der Waals surface area contributed by atoms with Crippen LogP contribution in [0.2, 0.25) is 0 Å². The first-order valence-electron chi connectivity index (χ1n) is 23.3. The lowest BCUT2D eigenvalue weighted by atomic mass is 9.77. The number of hydrogen-bond acceptors (Lipinski definition) is 6. The zero-order valence-electron chi connectivity index (χ0n) is 40.1. The van der Waals surface area contributed by atoms with Gasteiger partial charge < -0.3 is 33.4 Å². The summed E-state index contributed by atoms with van der Waals surface area (Å²) in [5.41, 5.74) is 14.2. The van der Waals surface area contributed by atoms with Crippen molar-refractivity contribution in [2.24, 2.45) is 14.1 Å². The number of carbonyl (C=O) groups is 2. The smallest absolute Gasteiger partial charge is 0.340 e. The number of esters is 2. The molecule has 10 aromatic rings. The summed E-state index contributed by atoms with van der Waals surface area (Å²) < 4.78 is 17.5. The van der Waals surface area contributed by atoms with E-state index in [4.69, 9.17) is 9.47 Å². The molecule has 0 aliphatic carbocycles. The fourth-order valence-electron chi connectivity index (χ4n) is 11.0. The Bertz CT molecular complexity index is 3580. The molecule has 0 bridgehead atoms. The first-order valence-corrected chi connectivity index (χ1v) is 23.3. The van der Waals surface area contributed by atoms with Gasteiger partial charge in [-0.3, -0.25) is 0 Å². The van der Waals surface area contributed by atoms with Gasteiger partial charge in [0.2, 0.25) is 0 Å². The maximum absolute atomic E-state index is 13.6. The van der Waals surface area contributed by atoms with Crippen LogP contribution in [0.4, 0.5) is 11.4 Å². The van der Waals surface area contributed by atoms with Crippen LogP contribution in [0.25, 0.3) is 44.0 Å². The van der Waals surface area contributed by atoms with Gasteiger partial charge in [0.05, 0.1) is 16.8 Å². The van der Waals surface area contributed by atoms with Crippen molar-refractivity contribution in [3.63, 3.8) is 0 Å². The number of carbonyl (C=O) groups excluding carboxylic acids is 2. The third kappa shape index (κ3) is 6.37. The second-order valence-electron chi connectivity index (χ2n) is 18.6. The normalized spacial score (nSPS) is 15.7. The SMILES string of the molecule is CN(C)c1ccc(C2(c3c(-c4ccccc4)[nH]c4ccccc34)OC(=O)c3ccccc32)cc1.Cc1c(C2(c3c(C)n(C)c4ccccc34)OC(=O)c3ccc(N(C)C)cc32)c2ccccc2n1C. The van der Waals surface area contributed by atoms with E-state index in [1.807, 2.05) is 94.9 Å². The number of anilines is 2. The van der Waals surface area contributed by atoms with E-state index in [9.17, 15) is 9.59 Å². The molecule has 342 valence electrons. The number of hydrogen-bond donors (Lipinski definition) is 1. The molecule has 0 spiro atoms. The van der Waals surface area contributed by atoms with Gasteiger partial charge in [-0.15, -0.1) is 0 Å². The second-order valence-corrected chi connectivity index (χ2v) is 18.6. The van der Waals surface area contributed by atoms with Gasteiger partial charge in [-0.1, -0.05) is 115 Å². The fraction of sp³-hybridized carbons (Fsp3) is 0.167. The molecule has 2 aliphatic heterocycles. The molecule has 5 heterocycles. The molecular weight excluding hydrogens is 855 g/mol. The Morgan fingerprint density at radius 3 is 1.58 bits per heavy atom. The highest BCUT2D eigenvalue weighted by molar-refractivity contribution is 6.03. The van der Waals surface area contributed by atoms with Gasteiger partial charge in [-0.05, 0) is 74.0 Å².